The van der Waals surface area contributed by atoms with Crippen LogP contribution in [0.5, 0.6) is 0 Å². The molecule has 1 aromatic rings. The molecule has 0 bridgehead atoms. The van der Waals surface area contributed by atoms with Gasteiger partial charge in [0.05, 0.1) is 5.02 Å². The highest BCUT2D eigenvalue weighted by molar-refractivity contribution is 14.1. The predicted octanol–water partition coefficient (Wildman–Crippen LogP) is 3.52. The first-order chi connectivity index (χ1) is 5.16. The lowest BCUT2D eigenvalue weighted by molar-refractivity contribution is 0.112. The number of hydrogen-bond acceptors (Lipinski definition) is 1. The SMILES string of the molecule is O=Cc1c(I)ccc(Cl)c1Br. The molecule has 1 aromatic carbocycles. The maximum atomic E-state index is 10.5. The minimum Gasteiger partial charge on any atom is -0.298 e. The van der Waals surface area contributed by atoms with Crippen LogP contribution < -0.4 is 0 Å². The highest BCUT2D eigenvalue weighted by Gasteiger charge is 2.06. The molecule has 1 nitrogen and oxygen atoms in total. The van der Waals surface area contributed by atoms with Gasteiger partial charge in [-0.2, -0.15) is 0 Å². The third-order valence-corrected chi connectivity index (χ3v) is 3.54. The highest BCUT2D eigenvalue weighted by atomic mass is 127. The van der Waals surface area contributed by atoms with Crippen molar-refractivity contribution in [3.8, 4) is 0 Å². The zero-order chi connectivity index (χ0) is 8.43. The van der Waals surface area contributed by atoms with E-state index in [-0.39, 0.29) is 0 Å². The van der Waals surface area contributed by atoms with Gasteiger partial charge in [-0.25, -0.2) is 0 Å². The van der Waals surface area contributed by atoms with Gasteiger partial charge >= 0.3 is 0 Å². The molecule has 0 amide bonds. The number of hydrogen-bond donors (Lipinski definition) is 0. The van der Waals surface area contributed by atoms with Gasteiger partial charge < -0.3 is 0 Å². The van der Waals surface area contributed by atoms with Crippen LogP contribution in [0.3, 0.4) is 0 Å². The molecule has 58 valence electrons. The average Bonchev–Trinajstić information content (AvgIpc) is 1.99. The first kappa shape index (κ1) is 9.48. The maximum absolute atomic E-state index is 10.5. The van der Waals surface area contributed by atoms with E-state index < -0.39 is 0 Å². The molecule has 0 radical (unpaired) electrons. The Morgan fingerprint density at radius 1 is 1.55 bits per heavy atom. The van der Waals surface area contributed by atoms with Gasteiger partial charge in [0.15, 0.2) is 6.29 Å². The average molecular weight is 345 g/mol. The van der Waals surface area contributed by atoms with Crippen LogP contribution >= 0.6 is 50.1 Å². The molecule has 0 saturated heterocycles. The molecule has 0 unspecified atom stereocenters. The van der Waals surface area contributed by atoms with E-state index in [4.69, 9.17) is 11.6 Å². The summed E-state index contributed by atoms with van der Waals surface area (Å²) in [5, 5.41) is 0.563. The van der Waals surface area contributed by atoms with Crippen LogP contribution in [0, 0.1) is 3.57 Å². The highest BCUT2D eigenvalue weighted by Crippen LogP contribution is 2.28. The maximum Gasteiger partial charge on any atom is 0.152 e. The number of aldehydes is 1. The van der Waals surface area contributed by atoms with Gasteiger partial charge in [0, 0.05) is 13.6 Å². The van der Waals surface area contributed by atoms with Crippen LogP contribution in [0.15, 0.2) is 16.6 Å². The fraction of sp³-hybridized carbons (Fsp3) is 0. The summed E-state index contributed by atoms with van der Waals surface area (Å²) in [6, 6.07) is 3.55. The molecular formula is C7H3BrClIO. The van der Waals surface area contributed by atoms with Gasteiger partial charge in [-0.15, -0.1) is 0 Å². The number of benzene rings is 1. The summed E-state index contributed by atoms with van der Waals surface area (Å²) >= 11 is 11.1. The van der Waals surface area contributed by atoms with Crippen molar-refractivity contribution in [1.29, 1.82) is 0 Å². The van der Waals surface area contributed by atoms with E-state index in [1.54, 1.807) is 12.1 Å². The van der Waals surface area contributed by atoms with Gasteiger partial charge in [-0.05, 0) is 50.7 Å². The van der Waals surface area contributed by atoms with Crippen molar-refractivity contribution < 1.29 is 4.79 Å². The Kier molecular flexibility index (Phi) is 3.33. The minimum atomic E-state index is 0.563. The molecule has 1 rings (SSSR count). The Hall–Kier alpha value is 0.390. The minimum absolute atomic E-state index is 0.563. The molecule has 0 atom stereocenters. The summed E-state index contributed by atoms with van der Waals surface area (Å²) < 4.78 is 1.56. The van der Waals surface area contributed by atoms with Crippen LogP contribution in [-0.2, 0) is 0 Å². The Bertz CT molecular complexity index is 301. The second-order valence-electron chi connectivity index (χ2n) is 1.87. The zero-order valence-corrected chi connectivity index (χ0v) is 9.77. The van der Waals surface area contributed by atoms with E-state index in [1.165, 1.54) is 0 Å². The summed E-state index contributed by atoms with van der Waals surface area (Å²) in [4.78, 5) is 10.5. The second-order valence-corrected chi connectivity index (χ2v) is 4.24. The summed E-state index contributed by atoms with van der Waals surface area (Å²) in [5.41, 5.74) is 0.609. The molecule has 0 spiro atoms. The van der Waals surface area contributed by atoms with E-state index >= 15 is 0 Å². The van der Waals surface area contributed by atoms with Crippen molar-refractivity contribution in [2.24, 2.45) is 0 Å². The Labute approximate surface area is 91.4 Å². The monoisotopic (exact) mass is 344 g/mol. The molecule has 0 fully saturated rings. The Balaban J connectivity index is 3.40. The van der Waals surface area contributed by atoms with Crippen molar-refractivity contribution in [3.63, 3.8) is 0 Å². The number of halogens is 3. The lowest BCUT2D eigenvalue weighted by Gasteiger charge is -2.00. The van der Waals surface area contributed by atoms with Crippen LogP contribution in [0.2, 0.25) is 5.02 Å². The molecule has 0 N–H and O–H groups in total. The summed E-state index contributed by atoms with van der Waals surface area (Å²) in [7, 11) is 0. The Morgan fingerprint density at radius 3 is 2.64 bits per heavy atom. The molecule has 0 aliphatic heterocycles. The van der Waals surface area contributed by atoms with E-state index in [0.29, 0.717) is 15.1 Å². The molecular weight excluding hydrogens is 342 g/mol. The quantitative estimate of drug-likeness (QED) is 0.432. The van der Waals surface area contributed by atoms with Crippen molar-refractivity contribution >= 4 is 56.4 Å². The zero-order valence-electron chi connectivity index (χ0n) is 5.27. The fourth-order valence-corrected chi connectivity index (χ4v) is 2.20. The molecule has 0 heterocycles. The second kappa shape index (κ2) is 3.87. The number of carbonyl (C=O) groups excluding carboxylic acids is 1. The molecule has 0 aromatic heterocycles. The first-order valence-corrected chi connectivity index (χ1v) is 5.00. The predicted molar refractivity (Wildman–Crippen MR) is 57.3 cm³/mol. The molecule has 0 saturated carbocycles. The van der Waals surface area contributed by atoms with Crippen molar-refractivity contribution in [2.45, 2.75) is 0 Å². The van der Waals surface area contributed by atoms with Gasteiger partial charge in [-0.3, -0.25) is 4.79 Å². The Morgan fingerprint density at radius 2 is 2.18 bits per heavy atom. The summed E-state index contributed by atoms with van der Waals surface area (Å²) in [6.45, 7) is 0. The van der Waals surface area contributed by atoms with Crippen molar-refractivity contribution in [1.82, 2.24) is 0 Å². The van der Waals surface area contributed by atoms with E-state index in [9.17, 15) is 4.79 Å². The lowest BCUT2D eigenvalue weighted by Crippen LogP contribution is -1.87. The third kappa shape index (κ3) is 1.95. The van der Waals surface area contributed by atoms with E-state index in [2.05, 4.69) is 38.5 Å². The largest absolute Gasteiger partial charge is 0.298 e. The molecule has 11 heavy (non-hydrogen) atoms. The summed E-state index contributed by atoms with van der Waals surface area (Å²) in [6.07, 6.45) is 0.789. The molecule has 0 aliphatic carbocycles. The van der Waals surface area contributed by atoms with Crippen LogP contribution in [0.25, 0.3) is 0 Å². The lowest BCUT2D eigenvalue weighted by atomic mass is 10.2. The topological polar surface area (TPSA) is 17.1 Å². The van der Waals surface area contributed by atoms with E-state index in [1.807, 2.05) is 0 Å². The third-order valence-electron chi connectivity index (χ3n) is 1.20. The number of carbonyl (C=O) groups is 1. The molecule has 0 aliphatic rings. The fourth-order valence-electron chi connectivity index (χ4n) is 0.651. The van der Waals surface area contributed by atoms with Crippen LogP contribution in [-0.4, -0.2) is 6.29 Å². The number of rotatable bonds is 1. The van der Waals surface area contributed by atoms with Gasteiger partial charge in [0.1, 0.15) is 0 Å². The van der Waals surface area contributed by atoms with Gasteiger partial charge in [0.25, 0.3) is 0 Å². The van der Waals surface area contributed by atoms with Crippen LogP contribution in [0.1, 0.15) is 10.4 Å². The molecule has 4 heteroatoms. The van der Waals surface area contributed by atoms with Crippen molar-refractivity contribution in [3.05, 3.63) is 30.8 Å². The van der Waals surface area contributed by atoms with E-state index in [0.717, 1.165) is 9.86 Å². The summed E-state index contributed by atoms with van der Waals surface area (Å²) in [5.74, 6) is 0. The standard InChI is InChI=1S/C7H3BrClIO/c8-7-4(3-11)6(10)2-1-5(7)9/h1-3H. The normalized spacial score (nSPS) is 9.73. The smallest absolute Gasteiger partial charge is 0.152 e. The van der Waals surface area contributed by atoms with Crippen molar-refractivity contribution in [2.75, 3.05) is 0 Å². The first-order valence-electron chi connectivity index (χ1n) is 2.75. The van der Waals surface area contributed by atoms with Gasteiger partial charge in [0.2, 0.25) is 0 Å². The van der Waals surface area contributed by atoms with Gasteiger partial charge in [-0.1, -0.05) is 11.6 Å². The van der Waals surface area contributed by atoms with Crippen LogP contribution in [0.4, 0.5) is 0 Å².